The summed E-state index contributed by atoms with van der Waals surface area (Å²) in [5, 5.41) is 0.711. The van der Waals surface area contributed by atoms with E-state index in [9.17, 15) is 0 Å². The van der Waals surface area contributed by atoms with Crippen LogP contribution in [0.2, 0.25) is 5.02 Å². The standard InChI is InChI=1S/C16H15BrClN/c17-13-6-7-14(15(18)9-13)16(19)12-5-4-10-2-1-3-11(10)8-12/h4-9,16H,1-3,19H2. The molecule has 2 aromatic rings. The highest BCUT2D eigenvalue weighted by atomic mass is 79.9. The summed E-state index contributed by atoms with van der Waals surface area (Å²) in [6.07, 6.45) is 3.63. The van der Waals surface area contributed by atoms with Crippen molar-refractivity contribution in [2.45, 2.75) is 25.3 Å². The summed E-state index contributed by atoms with van der Waals surface area (Å²) >= 11 is 9.70. The minimum atomic E-state index is -0.161. The van der Waals surface area contributed by atoms with Gasteiger partial charge < -0.3 is 5.73 Å². The van der Waals surface area contributed by atoms with E-state index in [-0.39, 0.29) is 6.04 Å². The van der Waals surface area contributed by atoms with Gasteiger partial charge in [0, 0.05) is 9.50 Å². The number of aryl methyl sites for hydroxylation is 2. The zero-order valence-corrected chi connectivity index (χ0v) is 12.8. The van der Waals surface area contributed by atoms with E-state index in [1.165, 1.54) is 30.4 Å². The van der Waals surface area contributed by atoms with Crippen molar-refractivity contribution in [2.24, 2.45) is 5.73 Å². The lowest BCUT2D eigenvalue weighted by atomic mass is 9.96. The normalized spacial score (nSPS) is 15.3. The number of hydrogen-bond acceptors (Lipinski definition) is 1. The van der Waals surface area contributed by atoms with Gasteiger partial charge in [0.2, 0.25) is 0 Å². The average molecular weight is 337 g/mol. The first-order chi connectivity index (χ1) is 9.15. The molecule has 2 N–H and O–H groups in total. The van der Waals surface area contributed by atoms with Crippen molar-refractivity contribution in [3.05, 3.63) is 68.1 Å². The van der Waals surface area contributed by atoms with E-state index < -0.39 is 0 Å². The summed E-state index contributed by atoms with van der Waals surface area (Å²) in [6, 6.07) is 12.3. The van der Waals surface area contributed by atoms with Crippen LogP contribution in [0, 0.1) is 0 Å². The molecule has 1 nitrogen and oxygen atoms in total. The molecule has 0 radical (unpaired) electrons. The van der Waals surface area contributed by atoms with Gasteiger partial charge in [0.25, 0.3) is 0 Å². The smallest absolute Gasteiger partial charge is 0.0566 e. The van der Waals surface area contributed by atoms with Crippen LogP contribution in [0.3, 0.4) is 0 Å². The molecule has 3 heteroatoms. The van der Waals surface area contributed by atoms with Crippen molar-refractivity contribution in [1.82, 2.24) is 0 Å². The predicted octanol–water partition coefficient (Wildman–Crippen LogP) is 4.64. The lowest BCUT2D eigenvalue weighted by Crippen LogP contribution is -2.12. The molecule has 0 aliphatic heterocycles. The van der Waals surface area contributed by atoms with E-state index in [1.54, 1.807) is 0 Å². The van der Waals surface area contributed by atoms with Gasteiger partial charge >= 0.3 is 0 Å². The minimum Gasteiger partial charge on any atom is -0.320 e. The van der Waals surface area contributed by atoms with Gasteiger partial charge in [-0.25, -0.2) is 0 Å². The Morgan fingerprint density at radius 2 is 1.84 bits per heavy atom. The molecule has 0 saturated heterocycles. The van der Waals surface area contributed by atoms with Gasteiger partial charge in [-0.1, -0.05) is 51.8 Å². The molecule has 1 aliphatic carbocycles. The van der Waals surface area contributed by atoms with Crippen LogP contribution in [0.1, 0.15) is 34.7 Å². The quantitative estimate of drug-likeness (QED) is 0.849. The SMILES string of the molecule is NC(c1ccc2c(c1)CCC2)c1ccc(Br)cc1Cl. The van der Waals surface area contributed by atoms with Crippen LogP contribution in [0.15, 0.2) is 40.9 Å². The predicted molar refractivity (Wildman–Crippen MR) is 83.6 cm³/mol. The zero-order valence-electron chi connectivity index (χ0n) is 10.5. The molecule has 2 aromatic carbocycles. The van der Waals surface area contributed by atoms with Crippen molar-refractivity contribution in [1.29, 1.82) is 0 Å². The van der Waals surface area contributed by atoms with Gasteiger partial charge in [0.05, 0.1) is 6.04 Å². The molecule has 0 fully saturated rings. The lowest BCUT2D eigenvalue weighted by Gasteiger charge is -2.15. The molecule has 98 valence electrons. The summed E-state index contributed by atoms with van der Waals surface area (Å²) in [5.41, 5.74) is 11.4. The Morgan fingerprint density at radius 3 is 2.63 bits per heavy atom. The van der Waals surface area contributed by atoms with Crippen LogP contribution < -0.4 is 5.73 Å². The first kappa shape index (κ1) is 13.2. The topological polar surface area (TPSA) is 26.0 Å². The second-order valence-electron chi connectivity index (χ2n) is 5.03. The van der Waals surface area contributed by atoms with Crippen molar-refractivity contribution >= 4 is 27.5 Å². The molecule has 0 saturated carbocycles. The number of benzene rings is 2. The largest absolute Gasteiger partial charge is 0.320 e. The van der Waals surface area contributed by atoms with Crippen LogP contribution in [0.5, 0.6) is 0 Å². The molecule has 1 aliphatic rings. The Balaban J connectivity index is 1.97. The fraction of sp³-hybridized carbons (Fsp3) is 0.250. The van der Waals surface area contributed by atoms with E-state index in [0.717, 1.165) is 15.6 Å². The van der Waals surface area contributed by atoms with Crippen LogP contribution in [0.25, 0.3) is 0 Å². The Morgan fingerprint density at radius 1 is 1.05 bits per heavy atom. The number of fused-ring (bicyclic) bond motifs is 1. The summed E-state index contributed by atoms with van der Waals surface area (Å²) in [7, 11) is 0. The first-order valence-electron chi connectivity index (χ1n) is 6.47. The summed E-state index contributed by atoms with van der Waals surface area (Å²) < 4.78 is 0.974. The van der Waals surface area contributed by atoms with E-state index in [1.807, 2.05) is 18.2 Å². The van der Waals surface area contributed by atoms with Gasteiger partial charge in [-0.05, 0) is 53.6 Å². The second-order valence-corrected chi connectivity index (χ2v) is 6.35. The molecule has 1 atom stereocenters. The van der Waals surface area contributed by atoms with Crippen molar-refractivity contribution < 1.29 is 0 Å². The van der Waals surface area contributed by atoms with E-state index in [0.29, 0.717) is 5.02 Å². The van der Waals surface area contributed by atoms with Gasteiger partial charge in [-0.2, -0.15) is 0 Å². The first-order valence-corrected chi connectivity index (χ1v) is 7.64. The fourth-order valence-electron chi connectivity index (χ4n) is 2.72. The number of hydrogen-bond donors (Lipinski definition) is 1. The fourth-order valence-corrected chi connectivity index (χ4v) is 3.51. The number of nitrogens with two attached hydrogens (primary N) is 1. The Kier molecular flexibility index (Phi) is 3.66. The monoisotopic (exact) mass is 335 g/mol. The van der Waals surface area contributed by atoms with Crippen LogP contribution in [-0.4, -0.2) is 0 Å². The van der Waals surface area contributed by atoms with Gasteiger partial charge in [0.1, 0.15) is 0 Å². The maximum absolute atomic E-state index is 6.36. The molecule has 3 rings (SSSR count). The number of halogens is 2. The molecule has 19 heavy (non-hydrogen) atoms. The molecule has 0 aromatic heterocycles. The summed E-state index contributed by atoms with van der Waals surface area (Å²) in [4.78, 5) is 0. The Labute approximate surface area is 126 Å². The highest BCUT2D eigenvalue weighted by molar-refractivity contribution is 9.10. The van der Waals surface area contributed by atoms with E-state index in [2.05, 4.69) is 34.1 Å². The third-order valence-corrected chi connectivity index (χ3v) is 4.60. The maximum Gasteiger partial charge on any atom is 0.0566 e. The van der Waals surface area contributed by atoms with Crippen LogP contribution in [-0.2, 0) is 12.8 Å². The highest BCUT2D eigenvalue weighted by Gasteiger charge is 2.16. The van der Waals surface area contributed by atoms with Gasteiger partial charge in [0.15, 0.2) is 0 Å². The van der Waals surface area contributed by atoms with Crippen molar-refractivity contribution in [3.63, 3.8) is 0 Å². The molecule has 0 spiro atoms. The third kappa shape index (κ3) is 2.58. The molecule has 0 amide bonds. The van der Waals surface area contributed by atoms with E-state index in [4.69, 9.17) is 17.3 Å². The van der Waals surface area contributed by atoms with Crippen LogP contribution in [0.4, 0.5) is 0 Å². The third-order valence-electron chi connectivity index (χ3n) is 3.78. The maximum atomic E-state index is 6.36. The van der Waals surface area contributed by atoms with Crippen molar-refractivity contribution in [3.8, 4) is 0 Å². The Hall–Kier alpha value is -0.830. The second kappa shape index (κ2) is 5.28. The average Bonchev–Trinajstić information content (AvgIpc) is 2.85. The molecular formula is C16H15BrClN. The minimum absolute atomic E-state index is 0.161. The summed E-state index contributed by atoms with van der Waals surface area (Å²) in [6.45, 7) is 0. The van der Waals surface area contributed by atoms with Gasteiger partial charge in [-0.3, -0.25) is 0 Å². The Bertz CT molecular complexity index is 624. The van der Waals surface area contributed by atoms with Crippen LogP contribution >= 0.6 is 27.5 Å². The number of rotatable bonds is 2. The molecule has 0 bridgehead atoms. The molecule has 1 unspecified atom stereocenters. The molecule has 0 heterocycles. The zero-order chi connectivity index (χ0) is 13.4. The van der Waals surface area contributed by atoms with Crippen molar-refractivity contribution in [2.75, 3.05) is 0 Å². The van der Waals surface area contributed by atoms with Gasteiger partial charge in [-0.15, -0.1) is 0 Å². The van der Waals surface area contributed by atoms with E-state index >= 15 is 0 Å². The lowest BCUT2D eigenvalue weighted by molar-refractivity contribution is 0.867. The molecular weight excluding hydrogens is 322 g/mol. The highest BCUT2D eigenvalue weighted by Crippen LogP contribution is 2.31. The summed E-state index contributed by atoms with van der Waals surface area (Å²) in [5.74, 6) is 0.